The standard InChI is InChI=1S/C15H21N3/c1-4-15-13(10-18(3)17-15)14(16)9-12-7-5-11(2)6-8-12/h5-8,10,14H,4,9,16H2,1-3H3. The molecule has 0 amide bonds. The van der Waals surface area contributed by atoms with E-state index in [9.17, 15) is 0 Å². The first-order valence-corrected chi connectivity index (χ1v) is 6.43. The van der Waals surface area contributed by atoms with Crippen LogP contribution in [-0.4, -0.2) is 9.78 Å². The Bertz CT molecular complexity index is 511. The molecule has 1 atom stereocenters. The van der Waals surface area contributed by atoms with Crippen molar-refractivity contribution in [3.63, 3.8) is 0 Å². The molecule has 0 fully saturated rings. The molecular formula is C15H21N3. The van der Waals surface area contributed by atoms with Crippen molar-refractivity contribution in [2.45, 2.75) is 32.7 Å². The van der Waals surface area contributed by atoms with Crippen LogP contribution in [0.2, 0.25) is 0 Å². The first kappa shape index (κ1) is 12.8. The maximum absolute atomic E-state index is 6.30. The molecule has 0 bridgehead atoms. The van der Waals surface area contributed by atoms with Crippen LogP contribution >= 0.6 is 0 Å². The first-order chi connectivity index (χ1) is 8.60. The highest BCUT2D eigenvalue weighted by atomic mass is 15.3. The summed E-state index contributed by atoms with van der Waals surface area (Å²) in [5.74, 6) is 0. The van der Waals surface area contributed by atoms with Gasteiger partial charge in [0, 0.05) is 24.8 Å². The van der Waals surface area contributed by atoms with Crippen LogP contribution in [0.5, 0.6) is 0 Å². The lowest BCUT2D eigenvalue weighted by Crippen LogP contribution is -2.14. The average Bonchev–Trinajstić information content (AvgIpc) is 2.73. The third-order valence-electron chi connectivity index (χ3n) is 3.25. The second-order valence-corrected chi connectivity index (χ2v) is 4.85. The van der Waals surface area contributed by atoms with Gasteiger partial charge in [-0.2, -0.15) is 5.10 Å². The molecule has 0 aliphatic rings. The van der Waals surface area contributed by atoms with Gasteiger partial charge in [0.1, 0.15) is 0 Å². The van der Waals surface area contributed by atoms with Gasteiger partial charge in [0.15, 0.2) is 0 Å². The van der Waals surface area contributed by atoms with Crippen LogP contribution in [0.25, 0.3) is 0 Å². The van der Waals surface area contributed by atoms with E-state index < -0.39 is 0 Å². The molecule has 0 saturated carbocycles. The molecule has 1 unspecified atom stereocenters. The van der Waals surface area contributed by atoms with Crippen LogP contribution in [0.15, 0.2) is 30.5 Å². The Kier molecular flexibility index (Phi) is 3.82. The molecule has 2 rings (SSSR count). The van der Waals surface area contributed by atoms with Crippen LogP contribution in [0.1, 0.15) is 35.3 Å². The Morgan fingerprint density at radius 3 is 2.56 bits per heavy atom. The predicted molar refractivity (Wildman–Crippen MR) is 74.4 cm³/mol. The van der Waals surface area contributed by atoms with Gasteiger partial charge in [-0.15, -0.1) is 0 Å². The molecule has 0 radical (unpaired) electrons. The van der Waals surface area contributed by atoms with Gasteiger partial charge in [0.25, 0.3) is 0 Å². The topological polar surface area (TPSA) is 43.8 Å². The number of hydrogen-bond acceptors (Lipinski definition) is 2. The Morgan fingerprint density at radius 2 is 1.94 bits per heavy atom. The van der Waals surface area contributed by atoms with Crippen LogP contribution in [-0.2, 0) is 19.9 Å². The Balaban J connectivity index is 2.16. The zero-order valence-electron chi connectivity index (χ0n) is 11.4. The predicted octanol–water partition coefficient (Wildman–Crippen LogP) is 2.53. The maximum atomic E-state index is 6.30. The van der Waals surface area contributed by atoms with Crippen LogP contribution in [0.3, 0.4) is 0 Å². The highest BCUT2D eigenvalue weighted by Gasteiger charge is 2.14. The molecule has 1 aromatic heterocycles. The van der Waals surface area contributed by atoms with E-state index in [1.165, 1.54) is 16.7 Å². The highest BCUT2D eigenvalue weighted by molar-refractivity contribution is 5.27. The van der Waals surface area contributed by atoms with E-state index in [0.717, 1.165) is 18.5 Å². The molecule has 2 N–H and O–H groups in total. The van der Waals surface area contributed by atoms with Crippen molar-refractivity contribution in [1.29, 1.82) is 0 Å². The molecule has 0 aliphatic carbocycles. The zero-order valence-corrected chi connectivity index (χ0v) is 11.4. The summed E-state index contributed by atoms with van der Waals surface area (Å²) in [5.41, 5.74) is 11.1. The molecule has 0 saturated heterocycles. The van der Waals surface area contributed by atoms with Gasteiger partial charge in [-0.3, -0.25) is 4.68 Å². The third-order valence-corrected chi connectivity index (χ3v) is 3.25. The van der Waals surface area contributed by atoms with Gasteiger partial charge in [-0.25, -0.2) is 0 Å². The summed E-state index contributed by atoms with van der Waals surface area (Å²) < 4.78 is 1.85. The van der Waals surface area contributed by atoms with Gasteiger partial charge >= 0.3 is 0 Å². The summed E-state index contributed by atoms with van der Waals surface area (Å²) in [6, 6.07) is 8.59. The number of nitrogens with zero attached hydrogens (tertiary/aromatic N) is 2. The fraction of sp³-hybridized carbons (Fsp3) is 0.400. The molecule has 0 aliphatic heterocycles. The lowest BCUT2D eigenvalue weighted by molar-refractivity contribution is 0.711. The minimum Gasteiger partial charge on any atom is -0.324 e. The van der Waals surface area contributed by atoms with E-state index in [2.05, 4.69) is 43.2 Å². The van der Waals surface area contributed by atoms with E-state index in [-0.39, 0.29) is 6.04 Å². The maximum Gasteiger partial charge on any atom is 0.0669 e. The Labute approximate surface area is 109 Å². The van der Waals surface area contributed by atoms with Gasteiger partial charge in [0.05, 0.1) is 5.69 Å². The summed E-state index contributed by atoms with van der Waals surface area (Å²) >= 11 is 0. The minimum absolute atomic E-state index is 0.0244. The van der Waals surface area contributed by atoms with Crippen molar-refractivity contribution in [3.8, 4) is 0 Å². The highest BCUT2D eigenvalue weighted by Crippen LogP contribution is 2.19. The molecule has 1 heterocycles. The number of aromatic nitrogens is 2. The number of nitrogens with two attached hydrogens (primary N) is 1. The monoisotopic (exact) mass is 243 g/mol. The zero-order chi connectivity index (χ0) is 13.1. The van der Waals surface area contributed by atoms with E-state index in [1.807, 2.05) is 17.9 Å². The summed E-state index contributed by atoms with van der Waals surface area (Å²) in [6.45, 7) is 4.21. The van der Waals surface area contributed by atoms with E-state index >= 15 is 0 Å². The smallest absolute Gasteiger partial charge is 0.0669 e. The molecule has 0 spiro atoms. The lowest BCUT2D eigenvalue weighted by atomic mass is 9.99. The SMILES string of the molecule is CCc1nn(C)cc1C(N)Cc1ccc(C)cc1. The average molecular weight is 243 g/mol. The minimum atomic E-state index is 0.0244. The molecule has 3 nitrogen and oxygen atoms in total. The second kappa shape index (κ2) is 5.36. The fourth-order valence-electron chi connectivity index (χ4n) is 2.23. The molecule has 96 valence electrons. The van der Waals surface area contributed by atoms with E-state index in [4.69, 9.17) is 5.73 Å². The van der Waals surface area contributed by atoms with E-state index in [0.29, 0.717) is 0 Å². The molecular weight excluding hydrogens is 222 g/mol. The number of benzene rings is 1. The Hall–Kier alpha value is -1.61. The van der Waals surface area contributed by atoms with Gasteiger partial charge in [0.2, 0.25) is 0 Å². The fourth-order valence-corrected chi connectivity index (χ4v) is 2.23. The second-order valence-electron chi connectivity index (χ2n) is 4.85. The van der Waals surface area contributed by atoms with Crippen molar-refractivity contribution in [2.75, 3.05) is 0 Å². The van der Waals surface area contributed by atoms with Gasteiger partial charge in [-0.1, -0.05) is 36.8 Å². The molecule has 18 heavy (non-hydrogen) atoms. The van der Waals surface area contributed by atoms with Gasteiger partial charge in [-0.05, 0) is 25.3 Å². The van der Waals surface area contributed by atoms with Crippen molar-refractivity contribution >= 4 is 0 Å². The van der Waals surface area contributed by atoms with E-state index in [1.54, 1.807) is 0 Å². The first-order valence-electron chi connectivity index (χ1n) is 6.43. The summed E-state index contributed by atoms with van der Waals surface area (Å²) in [5, 5.41) is 4.44. The molecule has 2 aromatic rings. The largest absolute Gasteiger partial charge is 0.324 e. The van der Waals surface area contributed by atoms with Crippen LogP contribution in [0.4, 0.5) is 0 Å². The third kappa shape index (κ3) is 2.79. The molecule has 3 heteroatoms. The normalized spacial score (nSPS) is 12.7. The van der Waals surface area contributed by atoms with Crippen LogP contribution in [0, 0.1) is 6.92 Å². The van der Waals surface area contributed by atoms with Crippen LogP contribution < -0.4 is 5.73 Å². The van der Waals surface area contributed by atoms with Crippen molar-refractivity contribution < 1.29 is 0 Å². The number of rotatable bonds is 4. The summed E-state index contributed by atoms with van der Waals surface area (Å²) in [4.78, 5) is 0. The quantitative estimate of drug-likeness (QED) is 0.896. The van der Waals surface area contributed by atoms with Crippen molar-refractivity contribution in [3.05, 3.63) is 52.8 Å². The number of hydrogen-bond donors (Lipinski definition) is 1. The van der Waals surface area contributed by atoms with Crippen molar-refractivity contribution in [1.82, 2.24) is 9.78 Å². The molecule has 1 aromatic carbocycles. The van der Waals surface area contributed by atoms with Crippen molar-refractivity contribution in [2.24, 2.45) is 12.8 Å². The number of aryl methyl sites for hydroxylation is 3. The summed E-state index contributed by atoms with van der Waals surface area (Å²) in [7, 11) is 1.95. The van der Waals surface area contributed by atoms with Gasteiger partial charge < -0.3 is 5.73 Å². The lowest BCUT2D eigenvalue weighted by Gasteiger charge is -2.11. The Morgan fingerprint density at radius 1 is 1.28 bits per heavy atom. The summed E-state index contributed by atoms with van der Waals surface area (Å²) in [6.07, 6.45) is 3.83.